The van der Waals surface area contributed by atoms with Gasteiger partial charge in [0.2, 0.25) is 0 Å². The maximum absolute atomic E-state index is 5.16. The van der Waals surface area contributed by atoms with Gasteiger partial charge in [-0.05, 0) is 38.1 Å². The van der Waals surface area contributed by atoms with Crippen LogP contribution in [0, 0.1) is 0 Å². The van der Waals surface area contributed by atoms with Crippen molar-refractivity contribution < 1.29 is 9.32 Å². The summed E-state index contributed by atoms with van der Waals surface area (Å²) in [4.78, 5) is 7.21. The number of nitrogens with zero attached hydrogens (tertiary/aromatic N) is 2. The van der Waals surface area contributed by atoms with Crippen LogP contribution in [0.4, 0.5) is 5.69 Å². The van der Waals surface area contributed by atoms with Crippen molar-refractivity contribution in [2.24, 2.45) is 5.90 Å². The molecular formula is C15H26N3O+. The van der Waals surface area contributed by atoms with E-state index >= 15 is 0 Å². The van der Waals surface area contributed by atoms with Gasteiger partial charge >= 0.3 is 0 Å². The topological polar surface area (TPSA) is 38.5 Å². The number of rotatable bonds is 4. The maximum atomic E-state index is 5.16. The third kappa shape index (κ3) is 3.19. The smallest absolute Gasteiger partial charge is 0.146 e. The van der Waals surface area contributed by atoms with E-state index < -0.39 is 0 Å². The lowest BCUT2D eigenvalue weighted by molar-refractivity contribution is -0.922. The van der Waals surface area contributed by atoms with E-state index in [1.165, 1.54) is 42.8 Å². The fourth-order valence-electron chi connectivity index (χ4n) is 3.00. The van der Waals surface area contributed by atoms with E-state index in [-0.39, 0.29) is 0 Å². The normalized spacial score (nSPS) is 19.0. The van der Waals surface area contributed by atoms with Crippen LogP contribution in [0.15, 0.2) is 24.3 Å². The van der Waals surface area contributed by atoms with Gasteiger partial charge in [-0.25, -0.2) is 0 Å². The second kappa shape index (κ2) is 6.26. The second-order valence-corrected chi connectivity index (χ2v) is 5.37. The summed E-state index contributed by atoms with van der Waals surface area (Å²) in [5, 5.41) is 0. The Morgan fingerprint density at radius 1 is 1.11 bits per heavy atom. The van der Waals surface area contributed by atoms with Crippen molar-refractivity contribution >= 4 is 5.69 Å². The molecule has 2 rings (SSSR count). The Hall–Kier alpha value is -1.26. The van der Waals surface area contributed by atoms with Crippen LogP contribution in [0.2, 0.25) is 0 Å². The fraction of sp³-hybridized carbons (Fsp3) is 0.600. The summed E-state index contributed by atoms with van der Waals surface area (Å²) in [5.41, 5.74) is 1.27. The van der Waals surface area contributed by atoms with E-state index in [0.29, 0.717) is 5.75 Å². The molecule has 1 aliphatic rings. The van der Waals surface area contributed by atoms with E-state index in [1.54, 1.807) is 0 Å². The first kappa shape index (κ1) is 14.2. The number of benzene rings is 1. The van der Waals surface area contributed by atoms with Gasteiger partial charge in [-0.1, -0.05) is 0 Å². The molecule has 0 spiro atoms. The number of anilines is 1. The van der Waals surface area contributed by atoms with Crippen molar-refractivity contribution in [3.8, 4) is 5.75 Å². The van der Waals surface area contributed by atoms with E-state index in [1.807, 2.05) is 12.1 Å². The Kier molecular flexibility index (Phi) is 4.66. The summed E-state index contributed by atoms with van der Waals surface area (Å²) in [6, 6.07) is 8.06. The molecule has 0 radical (unpaired) electrons. The highest BCUT2D eigenvalue weighted by Crippen LogP contribution is 2.22. The number of nitrogens with two attached hydrogens (primary N) is 1. The molecule has 4 nitrogen and oxygen atoms in total. The third-order valence-electron chi connectivity index (χ3n) is 4.58. The fourth-order valence-corrected chi connectivity index (χ4v) is 3.00. The highest BCUT2D eigenvalue weighted by Gasteiger charge is 2.27. The van der Waals surface area contributed by atoms with Gasteiger partial charge in [0.15, 0.2) is 0 Å². The minimum atomic E-state index is 0.714. The molecule has 0 amide bonds. The molecule has 4 heteroatoms. The summed E-state index contributed by atoms with van der Waals surface area (Å²) in [7, 11) is 0. The SMILES string of the molecule is CC[N+]1(CC)CCCN(c2ccc(ON)cc2)CC1. The molecule has 0 atom stereocenters. The summed E-state index contributed by atoms with van der Waals surface area (Å²) in [5.74, 6) is 5.87. The van der Waals surface area contributed by atoms with E-state index in [2.05, 4.69) is 30.9 Å². The van der Waals surface area contributed by atoms with Crippen LogP contribution in [-0.2, 0) is 0 Å². The maximum Gasteiger partial charge on any atom is 0.146 e. The Balaban J connectivity index is 2.05. The molecule has 0 saturated carbocycles. The lowest BCUT2D eigenvalue weighted by Crippen LogP contribution is -2.50. The van der Waals surface area contributed by atoms with Crippen LogP contribution in [0.25, 0.3) is 0 Å². The Morgan fingerprint density at radius 3 is 2.37 bits per heavy atom. The van der Waals surface area contributed by atoms with Crippen LogP contribution in [-0.4, -0.2) is 43.8 Å². The van der Waals surface area contributed by atoms with Gasteiger partial charge in [-0.15, -0.1) is 0 Å². The average Bonchev–Trinajstić information content (AvgIpc) is 2.70. The van der Waals surface area contributed by atoms with E-state index in [9.17, 15) is 0 Å². The van der Waals surface area contributed by atoms with Crippen molar-refractivity contribution in [1.82, 2.24) is 0 Å². The third-order valence-corrected chi connectivity index (χ3v) is 4.58. The molecule has 1 aliphatic heterocycles. The number of likely N-dealkylation sites (N-methyl/N-ethyl adjacent to an activating group) is 1. The van der Waals surface area contributed by atoms with Crippen LogP contribution >= 0.6 is 0 Å². The van der Waals surface area contributed by atoms with Crippen molar-refractivity contribution in [2.75, 3.05) is 44.2 Å². The van der Waals surface area contributed by atoms with E-state index in [0.717, 1.165) is 13.1 Å². The lowest BCUT2D eigenvalue weighted by atomic mass is 10.2. The first-order valence-electron chi connectivity index (χ1n) is 7.30. The molecule has 106 valence electrons. The molecule has 1 fully saturated rings. The minimum Gasteiger partial charge on any atom is -0.412 e. The van der Waals surface area contributed by atoms with Gasteiger partial charge in [0.25, 0.3) is 0 Å². The van der Waals surface area contributed by atoms with Crippen LogP contribution < -0.4 is 15.6 Å². The molecule has 1 saturated heterocycles. The molecule has 0 unspecified atom stereocenters. The molecule has 1 heterocycles. The van der Waals surface area contributed by atoms with Crippen molar-refractivity contribution in [3.05, 3.63) is 24.3 Å². The quantitative estimate of drug-likeness (QED) is 0.668. The second-order valence-electron chi connectivity index (χ2n) is 5.37. The first-order valence-corrected chi connectivity index (χ1v) is 7.30. The summed E-state index contributed by atoms with van der Waals surface area (Å²) in [6.45, 7) is 11.9. The van der Waals surface area contributed by atoms with Gasteiger partial charge in [0.1, 0.15) is 5.75 Å². The van der Waals surface area contributed by atoms with Gasteiger partial charge in [0.05, 0.1) is 32.7 Å². The number of quaternary nitrogens is 1. The Labute approximate surface area is 116 Å². The van der Waals surface area contributed by atoms with Crippen LogP contribution in [0.1, 0.15) is 20.3 Å². The molecular weight excluding hydrogens is 238 g/mol. The van der Waals surface area contributed by atoms with Crippen LogP contribution in [0.3, 0.4) is 0 Å². The van der Waals surface area contributed by atoms with Crippen molar-refractivity contribution in [1.29, 1.82) is 0 Å². The molecule has 1 aromatic carbocycles. The van der Waals surface area contributed by atoms with Gasteiger partial charge in [-0.3, -0.25) is 0 Å². The summed E-state index contributed by atoms with van der Waals surface area (Å²) in [6.07, 6.45) is 1.26. The monoisotopic (exact) mass is 264 g/mol. The zero-order chi connectivity index (χ0) is 13.7. The van der Waals surface area contributed by atoms with Crippen LogP contribution in [0.5, 0.6) is 5.75 Å². The molecule has 0 aromatic heterocycles. The van der Waals surface area contributed by atoms with Crippen molar-refractivity contribution in [2.45, 2.75) is 20.3 Å². The minimum absolute atomic E-state index is 0.714. The Morgan fingerprint density at radius 2 is 1.79 bits per heavy atom. The zero-order valence-electron chi connectivity index (χ0n) is 12.1. The predicted octanol–water partition coefficient (Wildman–Crippen LogP) is 2.01. The predicted molar refractivity (Wildman–Crippen MR) is 79.2 cm³/mol. The molecule has 0 aliphatic carbocycles. The zero-order valence-corrected chi connectivity index (χ0v) is 12.1. The Bertz CT molecular complexity index is 387. The average molecular weight is 264 g/mol. The highest BCUT2D eigenvalue weighted by molar-refractivity contribution is 5.49. The van der Waals surface area contributed by atoms with Gasteiger partial charge in [-0.2, -0.15) is 5.90 Å². The number of hydrogen-bond acceptors (Lipinski definition) is 3. The first-order chi connectivity index (χ1) is 9.23. The largest absolute Gasteiger partial charge is 0.412 e. The van der Waals surface area contributed by atoms with E-state index in [4.69, 9.17) is 10.7 Å². The standard InChI is InChI=1S/C15H26N3O/c1-3-18(4-2)12-5-10-17(11-13-18)14-6-8-15(19-16)9-7-14/h6-9H,3-5,10-13,16H2,1-2H3/q+1. The van der Waals surface area contributed by atoms with Crippen molar-refractivity contribution in [3.63, 3.8) is 0 Å². The van der Waals surface area contributed by atoms with Gasteiger partial charge < -0.3 is 14.2 Å². The summed E-state index contributed by atoms with van der Waals surface area (Å²) < 4.78 is 1.25. The summed E-state index contributed by atoms with van der Waals surface area (Å²) >= 11 is 0. The highest BCUT2D eigenvalue weighted by atomic mass is 16.6. The molecule has 1 aromatic rings. The molecule has 0 bridgehead atoms. The number of hydrogen-bond donors (Lipinski definition) is 1. The molecule has 19 heavy (non-hydrogen) atoms. The van der Waals surface area contributed by atoms with Gasteiger partial charge in [0, 0.05) is 18.7 Å². The molecule has 2 N–H and O–H groups in total. The lowest BCUT2D eigenvalue weighted by Gasteiger charge is -2.35.